The number of nitrogens with one attached hydrogen (secondary N) is 2. The molecular weight excluding hydrogens is 328 g/mol. The van der Waals surface area contributed by atoms with Crippen LogP contribution < -0.4 is 5.32 Å². The van der Waals surface area contributed by atoms with Crippen LogP contribution in [0.3, 0.4) is 0 Å². The molecule has 2 aromatic heterocycles. The van der Waals surface area contributed by atoms with E-state index in [0.29, 0.717) is 12.1 Å². The monoisotopic (exact) mass is 350 g/mol. The molecule has 1 unspecified atom stereocenters. The first-order valence-electron chi connectivity index (χ1n) is 8.45. The smallest absolute Gasteiger partial charge is 0.268 e. The Morgan fingerprint density at radius 1 is 1.19 bits per heavy atom. The molecule has 0 aliphatic rings. The number of aromatic nitrogens is 2. The van der Waals surface area contributed by atoms with Crippen molar-refractivity contribution in [2.24, 2.45) is 0 Å². The zero-order valence-corrected chi connectivity index (χ0v) is 15.1. The fourth-order valence-electron chi connectivity index (χ4n) is 2.86. The molecule has 2 N–H and O–H groups in total. The molecule has 2 heterocycles. The summed E-state index contributed by atoms with van der Waals surface area (Å²) in [5.74, 6) is -0.453. The number of fused-ring (bicyclic) bond motifs is 1. The summed E-state index contributed by atoms with van der Waals surface area (Å²) in [5, 5.41) is 3.77. The van der Waals surface area contributed by atoms with Crippen molar-refractivity contribution >= 4 is 22.7 Å². The second-order valence-corrected chi connectivity index (χ2v) is 6.54. The van der Waals surface area contributed by atoms with Crippen LogP contribution in [0, 0.1) is 6.92 Å². The van der Waals surface area contributed by atoms with Crippen molar-refractivity contribution in [1.82, 2.24) is 20.2 Å². The van der Waals surface area contributed by atoms with Crippen LogP contribution in [-0.4, -0.2) is 46.8 Å². The van der Waals surface area contributed by atoms with E-state index in [4.69, 9.17) is 0 Å². The van der Waals surface area contributed by atoms with E-state index in [-0.39, 0.29) is 11.8 Å². The quantitative estimate of drug-likeness (QED) is 0.741. The third-order valence-electron chi connectivity index (χ3n) is 4.21. The molecule has 6 heteroatoms. The first kappa shape index (κ1) is 17.7. The highest BCUT2D eigenvalue weighted by molar-refractivity contribution is 6.00. The molecule has 26 heavy (non-hydrogen) atoms. The highest BCUT2D eigenvalue weighted by atomic mass is 16.2. The predicted molar refractivity (Wildman–Crippen MR) is 101 cm³/mol. The maximum Gasteiger partial charge on any atom is 0.268 e. The summed E-state index contributed by atoms with van der Waals surface area (Å²) in [6.07, 6.45) is 2.14. The maximum absolute atomic E-state index is 12.7. The molecule has 0 bridgehead atoms. The third-order valence-corrected chi connectivity index (χ3v) is 4.21. The van der Waals surface area contributed by atoms with Gasteiger partial charge in [0.05, 0.1) is 11.7 Å². The van der Waals surface area contributed by atoms with Crippen LogP contribution in [-0.2, 0) is 11.2 Å². The Hall–Kier alpha value is -3.15. The van der Waals surface area contributed by atoms with Crippen LogP contribution in [0.1, 0.15) is 21.7 Å². The van der Waals surface area contributed by atoms with Gasteiger partial charge in [-0.3, -0.25) is 14.6 Å². The van der Waals surface area contributed by atoms with Gasteiger partial charge in [-0.25, -0.2) is 0 Å². The van der Waals surface area contributed by atoms with E-state index in [9.17, 15) is 9.59 Å². The standard InChI is InChI=1S/C20H22N4O2/c1-13-9-15-11-16(22-18(15)12-21-13)19(25)23-17(20(26)24(2)3)10-14-7-5-4-6-8-14/h4-9,11-12,17,22H,10H2,1-3H3,(H,23,25). The molecule has 3 aromatic rings. The van der Waals surface area contributed by atoms with Gasteiger partial charge < -0.3 is 15.2 Å². The molecule has 0 spiro atoms. The Morgan fingerprint density at radius 3 is 2.62 bits per heavy atom. The second-order valence-electron chi connectivity index (χ2n) is 6.54. The molecule has 0 aliphatic carbocycles. The van der Waals surface area contributed by atoms with E-state index in [0.717, 1.165) is 22.2 Å². The van der Waals surface area contributed by atoms with Crippen molar-refractivity contribution < 1.29 is 9.59 Å². The Morgan fingerprint density at radius 2 is 1.92 bits per heavy atom. The van der Waals surface area contributed by atoms with E-state index in [1.807, 2.05) is 43.3 Å². The molecule has 134 valence electrons. The zero-order chi connectivity index (χ0) is 18.7. The van der Waals surface area contributed by atoms with Gasteiger partial charge in [-0.05, 0) is 24.6 Å². The van der Waals surface area contributed by atoms with E-state index >= 15 is 0 Å². The van der Waals surface area contributed by atoms with Crippen LogP contribution in [0.2, 0.25) is 0 Å². The van der Waals surface area contributed by atoms with Gasteiger partial charge in [0.15, 0.2) is 0 Å². The summed E-state index contributed by atoms with van der Waals surface area (Å²) in [5.41, 5.74) is 3.08. The lowest BCUT2D eigenvalue weighted by molar-refractivity contribution is -0.130. The number of hydrogen-bond donors (Lipinski definition) is 2. The minimum Gasteiger partial charge on any atom is -0.349 e. The number of amides is 2. The predicted octanol–water partition coefficient (Wildman–Crippen LogP) is 2.30. The summed E-state index contributed by atoms with van der Waals surface area (Å²) in [4.78, 5) is 34.0. The normalized spacial score (nSPS) is 12.0. The van der Waals surface area contributed by atoms with Gasteiger partial charge in [0.2, 0.25) is 5.91 Å². The van der Waals surface area contributed by atoms with Gasteiger partial charge in [-0.15, -0.1) is 0 Å². The number of pyridine rings is 1. The molecule has 0 saturated heterocycles. The summed E-state index contributed by atoms with van der Waals surface area (Å²) in [6, 6.07) is 12.7. The van der Waals surface area contributed by atoms with Crippen molar-refractivity contribution in [1.29, 1.82) is 0 Å². The zero-order valence-electron chi connectivity index (χ0n) is 15.1. The number of hydrogen-bond acceptors (Lipinski definition) is 3. The van der Waals surface area contributed by atoms with E-state index < -0.39 is 6.04 Å². The fraction of sp³-hybridized carbons (Fsp3) is 0.250. The summed E-state index contributed by atoms with van der Waals surface area (Å²) in [7, 11) is 3.37. The molecule has 2 amide bonds. The van der Waals surface area contributed by atoms with Gasteiger partial charge in [0, 0.05) is 31.6 Å². The minimum absolute atomic E-state index is 0.143. The molecular formula is C20H22N4O2. The fourth-order valence-corrected chi connectivity index (χ4v) is 2.86. The van der Waals surface area contributed by atoms with Crippen LogP contribution in [0.15, 0.2) is 48.7 Å². The minimum atomic E-state index is -0.633. The Bertz CT molecular complexity index is 931. The number of H-pyrrole nitrogens is 1. The first-order chi connectivity index (χ1) is 12.4. The number of aromatic amines is 1. The van der Waals surface area contributed by atoms with E-state index in [1.54, 1.807) is 26.4 Å². The van der Waals surface area contributed by atoms with Crippen LogP contribution in [0.4, 0.5) is 0 Å². The van der Waals surface area contributed by atoms with Crippen molar-refractivity contribution in [2.75, 3.05) is 14.1 Å². The molecule has 3 rings (SSSR count). The molecule has 0 saturated carbocycles. The van der Waals surface area contributed by atoms with E-state index in [1.165, 1.54) is 4.90 Å². The van der Waals surface area contributed by atoms with Gasteiger partial charge in [-0.2, -0.15) is 0 Å². The number of benzene rings is 1. The van der Waals surface area contributed by atoms with Crippen LogP contribution in [0.25, 0.3) is 10.9 Å². The van der Waals surface area contributed by atoms with Gasteiger partial charge >= 0.3 is 0 Å². The Kier molecular flexibility index (Phi) is 5.02. The average molecular weight is 350 g/mol. The maximum atomic E-state index is 12.7. The van der Waals surface area contributed by atoms with Crippen molar-refractivity contribution in [2.45, 2.75) is 19.4 Å². The van der Waals surface area contributed by atoms with Crippen LogP contribution in [0.5, 0.6) is 0 Å². The number of carbonyl (C=O) groups is 2. The molecule has 6 nitrogen and oxygen atoms in total. The number of aryl methyl sites for hydroxylation is 1. The average Bonchev–Trinajstić information content (AvgIpc) is 3.04. The van der Waals surface area contributed by atoms with Crippen molar-refractivity contribution in [3.05, 3.63) is 65.6 Å². The van der Waals surface area contributed by atoms with Gasteiger partial charge in [0.25, 0.3) is 5.91 Å². The summed E-state index contributed by atoms with van der Waals surface area (Å²) < 4.78 is 0. The summed E-state index contributed by atoms with van der Waals surface area (Å²) >= 11 is 0. The lowest BCUT2D eigenvalue weighted by Gasteiger charge is -2.21. The largest absolute Gasteiger partial charge is 0.349 e. The lowest BCUT2D eigenvalue weighted by Crippen LogP contribution is -2.47. The van der Waals surface area contributed by atoms with E-state index in [2.05, 4.69) is 15.3 Å². The Labute approximate surface area is 152 Å². The van der Waals surface area contributed by atoms with Gasteiger partial charge in [0.1, 0.15) is 11.7 Å². The van der Waals surface area contributed by atoms with Crippen molar-refractivity contribution in [3.63, 3.8) is 0 Å². The number of likely N-dealkylation sites (N-methyl/N-ethyl adjacent to an activating group) is 1. The number of nitrogens with zero attached hydrogens (tertiary/aromatic N) is 2. The van der Waals surface area contributed by atoms with Crippen molar-refractivity contribution in [3.8, 4) is 0 Å². The third kappa shape index (κ3) is 3.91. The molecule has 0 aliphatic heterocycles. The first-order valence-corrected chi connectivity index (χ1v) is 8.45. The van der Waals surface area contributed by atoms with Crippen LogP contribution >= 0.6 is 0 Å². The molecule has 1 atom stereocenters. The summed E-state index contributed by atoms with van der Waals surface area (Å²) in [6.45, 7) is 1.90. The molecule has 0 fully saturated rings. The highest BCUT2D eigenvalue weighted by Gasteiger charge is 2.24. The topological polar surface area (TPSA) is 78.1 Å². The molecule has 1 aromatic carbocycles. The number of rotatable bonds is 5. The van der Waals surface area contributed by atoms with Gasteiger partial charge in [-0.1, -0.05) is 30.3 Å². The number of carbonyl (C=O) groups excluding carboxylic acids is 2. The Balaban J connectivity index is 1.82. The second kappa shape index (κ2) is 7.39. The highest BCUT2D eigenvalue weighted by Crippen LogP contribution is 2.15. The molecule has 0 radical (unpaired) electrons. The lowest BCUT2D eigenvalue weighted by atomic mass is 10.0. The SMILES string of the molecule is Cc1cc2cc(C(=O)NC(Cc3ccccc3)C(=O)N(C)C)[nH]c2cn1.